The molecular weight excluding hydrogens is 238 g/mol. The minimum Gasteiger partial charge on any atom is -0.354 e. The van der Waals surface area contributed by atoms with Crippen molar-refractivity contribution in [2.45, 2.75) is 32.1 Å². The van der Waals surface area contributed by atoms with Crippen LogP contribution in [-0.4, -0.2) is 0 Å². The lowest BCUT2D eigenvalue weighted by molar-refractivity contribution is 0.293. The maximum absolute atomic E-state index is 3.54. The number of thioether (sulfide) groups is 1. The molecule has 1 atom stereocenters. The van der Waals surface area contributed by atoms with Gasteiger partial charge in [-0.3, -0.25) is 0 Å². The summed E-state index contributed by atoms with van der Waals surface area (Å²) in [5, 5.41) is 3.54. The largest absolute Gasteiger partial charge is 0.354 e. The summed E-state index contributed by atoms with van der Waals surface area (Å²) in [7, 11) is 0. The molecule has 1 aromatic rings. The number of benzene rings is 1. The van der Waals surface area contributed by atoms with E-state index >= 15 is 0 Å². The Morgan fingerprint density at radius 1 is 1.22 bits per heavy atom. The van der Waals surface area contributed by atoms with Crippen LogP contribution in [0.3, 0.4) is 0 Å². The Labute approximate surface area is 113 Å². The third kappa shape index (κ3) is 2.10. The molecule has 94 valence electrons. The molecule has 0 aromatic heterocycles. The maximum Gasteiger partial charge on any atom is 0.0526 e. The zero-order valence-corrected chi connectivity index (χ0v) is 12.0. The summed E-state index contributed by atoms with van der Waals surface area (Å²) in [6.07, 6.45) is 5.94. The molecular formula is C16H19NS. The van der Waals surface area contributed by atoms with Gasteiger partial charge in [0.05, 0.1) is 5.69 Å². The number of fused-ring (bicyclic) bond motifs is 2. The van der Waals surface area contributed by atoms with Gasteiger partial charge >= 0.3 is 0 Å². The number of hydrogen-bond donors (Lipinski definition) is 1. The summed E-state index contributed by atoms with van der Waals surface area (Å²) in [4.78, 5) is 2.72. The number of allylic oxidation sites excluding steroid dienone is 2. The zero-order valence-electron chi connectivity index (χ0n) is 11.2. The van der Waals surface area contributed by atoms with Gasteiger partial charge in [0.1, 0.15) is 0 Å². The highest BCUT2D eigenvalue weighted by Crippen LogP contribution is 2.46. The molecule has 1 unspecified atom stereocenters. The lowest BCUT2D eigenvalue weighted by Gasteiger charge is -2.33. The van der Waals surface area contributed by atoms with E-state index in [0.717, 1.165) is 6.42 Å². The first-order valence-electron chi connectivity index (χ1n) is 6.50. The summed E-state index contributed by atoms with van der Waals surface area (Å²) >= 11 is 1.89. The lowest BCUT2D eigenvalue weighted by Crippen LogP contribution is -2.22. The van der Waals surface area contributed by atoms with Crippen molar-refractivity contribution in [3.63, 3.8) is 0 Å². The van der Waals surface area contributed by atoms with E-state index in [1.807, 2.05) is 11.8 Å². The van der Waals surface area contributed by atoms with Crippen molar-refractivity contribution >= 4 is 17.4 Å². The van der Waals surface area contributed by atoms with Crippen molar-refractivity contribution < 1.29 is 0 Å². The highest BCUT2D eigenvalue weighted by Gasteiger charge is 2.28. The van der Waals surface area contributed by atoms with Crippen molar-refractivity contribution in [2.75, 3.05) is 5.32 Å². The van der Waals surface area contributed by atoms with Crippen molar-refractivity contribution in [3.8, 4) is 0 Å². The third-order valence-corrected chi connectivity index (χ3v) is 4.83. The monoisotopic (exact) mass is 257 g/mol. The summed E-state index contributed by atoms with van der Waals surface area (Å²) in [6.45, 7) is 6.97. The number of anilines is 1. The topological polar surface area (TPSA) is 12.0 Å². The standard InChI is InChI=1S/C16H19NS/c1-16(2,3)11-8-9-13-15(10-11)18-14-7-5-4-6-12(14)17-13/h4-7,9-11,17H,8H2,1-3H3. The first-order chi connectivity index (χ1) is 8.54. The van der Waals surface area contributed by atoms with Gasteiger partial charge in [0.2, 0.25) is 0 Å². The van der Waals surface area contributed by atoms with E-state index < -0.39 is 0 Å². The first kappa shape index (κ1) is 11.9. The summed E-state index contributed by atoms with van der Waals surface area (Å²) in [5.74, 6) is 0.635. The van der Waals surface area contributed by atoms with Gasteiger partial charge < -0.3 is 5.32 Å². The number of para-hydroxylation sites is 1. The van der Waals surface area contributed by atoms with Crippen LogP contribution in [-0.2, 0) is 0 Å². The second-order valence-corrected chi connectivity index (χ2v) is 7.16. The quantitative estimate of drug-likeness (QED) is 0.699. The average Bonchev–Trinajstić information content (AvgIpc) is 2.34. The Morgan fingerprint density at radius 3 is 2.78 bits per heavy atom. The molecule has 0 fully saturated rings. The number of rotatable bonds is 0. The van der Waals surface area contributed by atoms with Crippen molar-refractivity contribution in [3.05, 3.63) is 47.0 Å². The van der Waals surface area contributed by atoms with Gasteiger partial charge in [0.25, 0.3) is 0 Å². The van der Waals surface area contributed by atoms with E-state index in [2.05, 4.69) is 62.5 Å². The highest BCUT2D eigenvalue weighted by molar-refractivity contribution is 8.03. The van der Waals surface area contributed by atoms with Crippen molar-refractivity contribution in [2.24, 2.45) is 11.3 Å². The van der Waals surface area contributed by atoms with Crippen LogP contribution in [0.1, 0.15) is 27.2 Å². The normalized spacial score (nSPS) is 22.3. The lowest BCUT2D eigenvalue weighted by atomic mass is 9.77. The van der Waals surface area contributed by atoms with Crippen molar-refractivity contribution in [1.29, 1.82) is 0 Å². The smallest absolute Gasteiger partial charge is 0.0526 e. The van der Waals surface area contributed by atoms with Gasteiger partial charge in [0.15, 0.2) is 0 Å². The molecule has 0 amide bonds. The molecule has 18 heavy (non-hydrogen) atoms. The van der Waals surface area contributed by atoms with E-state index in [0.29, 0.717) is 11.3 Å². The molecule has 1 aromatic carbocycles. The molecule has 2 aliphatic rings. The van der Waals surface area contributed by atoms with Crippen LogP contribution < -0.4 is 5.32 Å². The molecule has 1 N–H and O–H groups in total. The Bertz CT molecular complexity index is 534. The summed E-state index contributed by atoms with van der Waals surface area (Å²) in [5.41, 5.74) is 2.87. The number of nitrogens with one attached hydrogen (secondary N) is 1. The van der Waals surface area contributed by atoms with Gasteiger partial charge in [-0.1, -0.05) is 56.8 Å². The molecule has 2 heteroatoms. The van der Waals surface area contributed by atoms with E-state index in [4.69, 9.17) is 0 Å². The Hall–Kier alpha value is -1.15. The van der Waals surface area contributed by atoms with Crippen LogP contribution >= 0.6 is 11.8 Å². The first-order valence-corrected chi connectivity index (χ1v) is 7.32. The molecule has 0 spiro atoms. The SMILES string of the molecule is CC(C)(C)C1C=C2Sc3ccccc3NC2=CC1. The predicted molar refractivity (Wildman–Crippen MR) is 79.6 cm³/mol. The van der Waals surface area contributed by atoms with Crippen molar-refractivity contribution in [1.82, 2.24) is 0 Å². The second kappa shape index (κ2) is 4.20. The molecule has 0 saturated heterocycles. The van der Waals surface area contributed by atoms with E-state index in [1.54, 1.807) is 0 Å². The summed E-state index contributed by atoms with van der Waals surface area (Å²) in [6, 6.07) is 8.52. The predicted octanol–water partition coefficient (Wildman–Crippen LogP) is 5.04. The fourth-order valence-corrected chi connectivity index (χ4v) is 3.50. The van der Waals surface area contributed by atoms with E-state index in [1.165, 1.54) is 21.2 Å². The minimum atomic E-state index is 0.340. The van der Waals surface area contributed by atoms with Gasteiger partial charge in [-0.15, -0.1) is 0 Å². The van der Waals surface area contributed by atoms with Crippen LogP contribution in [0.4, 0.5) is 5.69 Å². The van der Waals surface area contributed by atoms with Gasteiger partial charge in [-0.05, 0) is 29.9 Å². The van der Waals surface area contributed by atoms with E-state index in [9.17, 15) is 0 Å². The second-order valence-electron chi connectivity index (χ2n) is 6.08. The molecule has 0 saturated carbocycles. The fourth-order valence-electron chi connectivity index (χ4n) is 2.41. The number of hydrogen-bond acceptors (Lipinski definition) is 2. The molecule has 0 radical (unpaired) electrons. The molecule has 1 aliphatic carbocycles. The Morgan fingerprint density at radius 2 is 2.00 bits per heavy atom. The zero-order chi connectivity index (χ0) is 12.8. The van der Waals surface area contributed by atoms with Crippen LogP contribution in [0, 0.1) is 11.3 Å². The van der Waals surface area contributed by atoms with Crippen LogP contribution in [0.25, 0.3) is 0 Å². The summed E-state index contributed by atoms with van der Waals surface area (Å²) < 4.78 is 0. The van der Waals surface area contributed by atoms with Crippen LogP contribution in [0.5, 0.6) is 0 Å². The van der Waals surface area contributed by atoms with Gasteiger partial charge in [-0.25, -0.2) is 0 Å². The molecule has 1 heterocycles. The highest BCUT2D eigenvalue weighted by atomic mass is 32.2. The van der Waals surface area contributed by atoms with E-state index in [-0.39, 0.29) is 0 Å². The molecule has 0 bridgehead atoms. The maximum atomic E-state index is 3.54. The van der Waals surface area contributed by atoms with Crippen LogP contribution in [0.2, 0.25) is 0 Å². The molecule has 3 rings (SSSR count). The Balaban J connectivity index is 1.94. The Kier molecular flexibility index (Phi) is 2.78. The molecule has 1 nitrogen and oxygen atoms in total. The minimum absolute atomic E-state index is 0.340. The van der Waals surface area contributed by atoms with Gasteiger partial charge in [-0.2, -0.15) is 0 Å². The average molecular weight is 257 g/mol. The van der Waals surface area contributed by atoms with Gasteiger partial charge in [0, 0.05) is 15.5 Å². The fraction of sp³-hybridized carbons (Fsp3) is 0.375. The third-order valence-electron chi connectivity index (χ3n) is 3.68. The van der Waals surface area contributed by atoms with Crippen LogP contribution in [0.15, 0.2) is 51.9 Å². The molecule has 1 aliphatic heterocycles.